The van der Waals surface area contributed by atoms with Crippen LogP contribution in [0, 0.1) is 50.7 Å². The van der Waals surface area contributed by atoms with Crippen molar-refractivity contribution in [2.24, 2.45) is 43.8 Å². The largest absolute Gasteiger partial charge is 0.426 e. The van der Waals surface area contributed by atoms with Gasteiger partial charge in [-0.15, -0.1) is 10.2 Å². The van der Waals surface area contributed by atoms with Crippen molar-refractivity contribution < 1.29 is 9.21 Å². The van der Waals surface area contributed by atoms with E-state index < -0.39 is 0 Å². The van der Waals surface area contributed by atoms with Crippen molar-refractivity contribution in [3.63, 3.8) is 0 Å². The molecule has 56 heavy (non-hydrogen) atoms. The minimum absolute atomic E-state index is 0.139. The molecule has 2 heterocycles. The molecule has 1 aliphatic heterocycles. The topological polar surface area (TPSA) is 68.0 Å². The fourth-order valence-corrected chi connectivity index (χ4v) is 6.03. The van der Waals surface area contributed by atoms with Crippen LogP contribution in [0.3, 0.4) is 0 Å². The number of aromatic nitrogens is 2. The lowest BCUT2D eigenvalue weighted by Gasteiger charge is -2.23. The summed E-state index contributed by atoms with van der Waals surface area (Å²) in [7, 11) is 0. The van der Waals surface area contributed by atoms with E-state index in [-0.39, 0.29) is 22.7 Å². The third-order valence-corrected chi connectivity index (χ3v) is 8.34. The van der Waals surface area contributed by atoms with Crippen molar-refractivity contribution in [1.29, 1.82) is 0 Å². The standard InChI is InChI=1S/C8H14N2O.C8H15NO.5C7H16/c1-6-9-10-7(11-6)5-8(2,3)4;1-8(2,3)6-4-5-9-7(6)10;5*1-5-6-7(2,3)4/h5H2,1-4H3;6H,4-5H2,1-3H3,(H,9,10);5*5-6H2,1-4H3. The minimum Gasteiger partial charge on any atom is -0.426 e. The molecule has 0 bridgehead atoms. The van der Waals surface area contributed by atoms with Crippen LogP contribution in [-0.2, 0) is 11.2 Å². The summed E-state index contributed by atoms with van der Waals surface area (Å²) in [6.07, 6.45) is 15.1. The summed E-state index contributed by atoms with van der Waals surface area (Å²) in [5, 5.41) is 10.5. The molecule has 1 amide bonds. The monoisotopic (exact) mass is 796 g/mol. The average molecular weight is 796 g/mol. The molecule has 2 rings (SSSR count). The van der Waals surface area contributed by atoms with Gasteiger partial charge in [-0.2, -0.15) is 0 Å². The van der Waals surface area contributed by atoms with Gasteiger partial charge in [-0.1, -0.05) is 212 Å². The molecule has 1 N–H and O–H groups in total. The molecule has 1 aromatic heterocycles. The van der Waals surface area contributed by atoms with Gasteiger partial charge in [0.05, 0.1) is 0 Å². The van der Waals surface area contributed by atoms with E-state index in [4.69, 9.17) is 4.42 Å². The van der Waals surface area contributed by atoms with E-state index in [1.807, 2.05) is 0 Å². The summed E-state index contributed by atoms with van der Waals surface area (Å²) in [6, 6.07) is 0. The smallest absolute Gasteiger partial charge is 0.223 e. The SMILES string of the molecule is CC(C)(C)C1CCNC1=O.CCCC(C)(C)C.CCCC(C)(C)C.CCCC(C)(C)C.CCCC(C)(C)C.CCCC(C)(C)C.Cc1nnc(CC(C)(C)C)o1. The number of rotatable bonds is 6. The Balaban J connectivity index is -0.000000183. The average Bonchev–Trinajstić information content (AvgIpc) is 3.54. The molecule has 1 aliphatic rings. The first-order valence-electron chi connectivity index (χ1n) is 22.9. The highest BCUT2D eigenvalue weighted by molar-refractivity contribution is 5.81. The molecule has 5 heteroatoms. The van der Waals surface area contributed by atoms with Crippen molar-refractivity contribution in [2.75, 3.05) is 6.54 Å². The van der Waals surface area contributed by atoms with Gasteiger partial charge in [0.1, 0.15) is 0 Å². The van der Waals surface area contributed by atoms with Crippen LogP contribution in [-0.4, -0.2) is 22.6 Å². The zero-order valence-electron chi connectivity index (χ0n) is 44.0. The Labute approximate surface area is 355 Å². The van der Waals surface area contributed by atoms with E-state index in [1.54, 1.807) is 6.92 Å². The first-order valence-corrected chi connectivity index (χ1v) is 22.9. The van der Waals surface area contributed by atoms with E-state index in [0.29, 0.717) is 33.0 Å². The summed E-state index contributed by atoms with van der Waals surface area (Å²) in [4.78, 5) is 11.1. The molecule has 1 aromatic rings. The molecule has 340 valence electrons. The van der Waals surface area contributed by atoms with E-state index in [2.05, 4.69) is 196 Å². The predicted molar refractivity (Wildman–Crippen MR) is 255 cm³/mol. The molecule has 0 saturated carbocycles. The van der Waals surface area contributed by atoms with Crippen LogP contribution >= 0.6 is 0 Å². The molecule has 0 radical (unpaired) electrons. The second kappa shape index (κ2) is 30.6. The van der Waals surface area contributed by atoms with Crippen molar-refractivity contribution >= 4 is 5.91 Å². The molecule has 1 fully saturated rings. The number of amides is 1. The minimum atomic E-state index is 0.139. The van der Waals surface area contributed by atoms with E-state index in [1.165, 1.54) is 64.2 Å². The van der Waals surface area contributed by atoms with Crippen molar-refractivity contribution in [2.45, 2.75) is 264 Å². The highest BCUT2D eigenvalue weighted by Gasteiger charge is 2.34. The molecular weight excluding hydrogens is 687 g/mol. The number of nitrogens with zero attached hydrogens (tertiary/aromatic N) is 2. The normalized spacial score (nSPS) is 14.6. The van der Waals surface area contributed by atoms with Crippen molar-refractivity contribution in [1.82, 2.24) is 15.5 Å². The van der Waals surface area contributed by atoms with E-state index in [0.717, 1.165) is 25.3 Å². The lowest BCUT2D eigenvalue weighted by molar-refractivity contribution is -0.125. The molecule has 5 nitrogen and oxygen atoms in total. The van der Waals surface area contributed by atoms with Crippen LogP contribution < -0.4 is 5.32 Å². The van der Waals surface area contributed by atoms with Crippen LogP contribution in [0.15, 0.2) is 4.42 Å². The third kappa shape index (κ3) is 59.3. The molecule has 0 aliphatic carbocycles. The summed E-state index contributed by atoms with van der Waals surface area (Å²) >= 11 is 0. The Morgan fingerprint density at radius 1 is 0.500 bits per heavy atom. The lowest BCUT2D eigenvalue weighted by atomic mass is 9.80. The predicted octanol–water partition coefficient (Wildman–Crippen LogP) is 17.3. The van der Waals surface area contributed by atoms with Crippen LogP contribution in [0.2, 0.25) is 0 Å². The van der Waals surface area contributed by atoms with Crippen LogP contribution in [0.5, 0.6) is 0 Å². The Morgan fingerprint density at radius 2 is 0.786 bits per heavy atom. The maximum Gasteiger partial charge on any atom is 0.223 e. The van der Waals surface area contributed by atoms with E-state index >= 15 is 0 Å². The quantitative estimate of drug-likeness (QED) is 0.311. The van der Waals surface area contributed by atoms with Crippen LogP contribution in [0.25, 0.3) is 0 Å². The van der Waals surface area contributed by atoms with Gasteiger partial charge in [0.15, 0.2) is 0 Å². The number of carbonyl (C=O) groups is 1. The van der Waals surface area contributed by atoms with Crippen molar-refractivity contribution in [3.05, 3.63) is 11.8 Å². The Kier molecular flexibility index (Phi) is 34.9. The fraction of sp³-hybridized carbons (Fsp3) is 0.941. The maximum atomic E-state index is 11.1. The van der Waals surface area contributed by atoms with Gasteiger partial charge in [-0.3, -0.25) is 4.79 Å². The highest BCUT2D eigenvalue weighted by atomic mass is 16.4. The summed E-state index contributed by atoms with van der Waals surface area (Å²) < 4.78 is 5.24. The Hall–Kier alpha value is -1.39. The Bertz CT molecular complexity index is 928. The van der Waals surface area contributed by atoms with Gasteiger partial charge >= 0.3 is 0 Å². The fourth-order valence-electron chi connectivity index (χ4n) is 6.03. The number of nitrogens with one attached hydrogen (secondary N) is 1. The molecule has 1 atom stereocenters. The van der Waals surface area contributed by atoms with Gasteiger partial charge in [0.25, 0.3) is 0 Å². The van der Waals surface area contributed by atoms with Gasteiger partial charge in [0, 0.05) is 25.8 Å². The molecule has 0 aromatic carbocycles. The van der Waals surface area contributed by atoms with Gasteiger partial charge < -0.3 is 9.73 Å². The number of hydrogen-bond donors (Lipinski definition) is 1. The van der Waals surface area contributed by atoms with Crippen molar-refractivity contribution in [3.8, 4) is 0 Å². The molecular formula is C51H109N3O2. The van der Waals surface area contributed by atoms with Crippen LogP contribution in [0.1, 0.15) is 262 Å². The maximum absolute atomic E-state index is 11.1. The Morgan fingerprint density at radius 3 is 0.893 bits per heavy atom. The second-order valence-corrected chi connectivity index (χ2v) is 24.5. The van der Waals surface area contributed by atoms with E-state index in [9.17, 15) is 4.79 Å². The molecule has 0 spiro atoms. The first-order chi connectivity index (χ1) is 24.8. The number of hydrogen-bond acceptors (Lipinski definition) is 4. The number of aryl methyl sites for hydroxylation is 1. The third-order valence-electron chi connectivity index (χ3n) is 8.34. The number of carbonyl (C=O) groups excluding carboxylic acids is 1. The van der Waals surface area contributed by atoms with Gasteiger partial charge in [-0.25, -0.2) is 0 Å². The molecule has 1 saturated heterocycles. The molecule has 1 unspecified atom stereocenters. The summed E-state index contributed by atoms with van der Waals surface area (Å²) in [5.41, 5.74) is 3.11. The lowest BCUT2D eigenvalue weighted by Crippen LogP contribution is -2.28. The highest BCUT2D eigenvalue weighted by Crippen LogP contribution is 2.31. The zero-order valence-corrected chi connectivity index (χ0v) is 44.0. The van der Waals surface area contributed by atoms with Gasteiger partial charge in [-0.05, 0) is 76.4 Å². The first kappa shape index (κ1) is 63.8. The van der Waals surface area contributed by atoms with Gasteiger partial charge in [0.2, 0.25) is 17.7 Å². The second-order valence-electron chi connectivity index (χ2n) is 24.5. The van der Waals surface area contributed by atoms with Crippen LogP contribution in [0.4, 0.5) is 0 Å². The summed E-state index contributed by atoms with van der Waals surface area (Å²) in [5.74, 6) is 1.83. The zero-order chi connectivity index (χ0) is 45.8. The summed E-state index contributed by atoms with van der Waals surface area (Å²) in [6.45, 7) is 60.7.